The van der Waals surface area contributed by atoms with Crippen molar-refractivity contribution in [1.82, 2.24) is 4.90 Å². The average molecular weight is 350 g/mol. The van der Waals surface area contributed by atoms with Crippen LogP contribution in [-0.2, 0) is 0 Å². The molecule has 25 heavy (non-hydrogen) atoms. The number of likely N-dealkylation sites (tertiary alicyclic amines) is 1. The summed E-state index contributed by atoms with van der Waals surface area (Å²) in [4.78, 5) is 3.57. The van der Waals surface area contributed by atoms with E-state index in [9.17, 15) is 0 Å². The van der Waals surface area contributed by atoms with Crippen molar-refractivity contribution in [3.63, 3.8) is 0 Å². The van der Waals surface area contributed by atoms with Crippen molar-refractivity contribution in [2.75, 3.05) is 0 Å². The zero-order valence-electron chi connectivity index (χ0n) is 15.1. The first-order valence-electron chi connectivity index (χ1n) is 9.18. The standard InChI is InChI=1S/C23H27NS/c1-4-17(2)18(3)23(25)24-21(19-11-7-5-8-12-19)15-16-22(24)20-13-9-6-10-14-20/h4-14,17-18,21-22H,1,15-16H2,2-3H3/t17-,18-,21+,22+/m0/s1. The van der Waals surface area contributed by atoms with E-state index < -0.39 is 0 Å². The summed E-state index contributed by atoms with van der Waals surface area (Å²) in [5, 5.41) is 0. The molecule has 0 amide bonds. The molecule has 1 heterocycles. The van der Waals surface area contributed by atoms with E-state index in [0.29, 0.717) is 23.9 Å². The third-order valence-corrected chi connectivity index (χ3v) is 6.14. The third kappa shape index (κ3) is 3.69. The summed E-state index contributed by atoms with van der Waals surface area (Å²) in [7, 11) is 0. The first kappa shape index (κ1) is 17.9. The molecule has 0 unspecified atom stereocenters. The Bertz CT molecular complexity index is 662. The number of benzene rings is 2. The Kier molecular flexibility index (Phi) is 5.70. The minimum atomic E-state index is 0.308. The monoisotopic (exact) mass is 349 g/mol. The number of hydrogen-bond donors (Lipinski definition) is 0. The van der Waals surface area contributed by atoms with Gasteiger partial charge in [0.15, 0.2) is 0 Å². The first-order valence-corrected chi connectivity index (χ1v) is 9.59. The second-order valence-corrected chi connectivity index (χ2v) is 7.48. The van der Waals surface area contributed by atoms with E-state index in [4.69, 9.17) is 12.2 Å². The van der Waals surface area contributed by atoms with Crippen LogP contribution in [0.5, 0.6) is 0 Å². The van der Waals surface area contributed by atoms with E-state index >= 15 is 0 Å². The normalized spacial score (nSPS) is 22.4. The average Bonchev–Trinajstić information content (AvgIpc) is 3.12. The van der Waals surface area contributed by atoms with Gasteiger partial charge in [-0.15, -0.1) is 6.58 Å². The molecule has 2 aromatic carbocycles. The number of hydrogen-bond acceptors (Lipinski definition) is 1. The quantitative estimate of drug-likeness (QED) is 0.457. The highest BCUT2D eigenvalue weighted by Gasteiger charge is 2.38. The fraction of sp³-hybridized carbons (Fsp3) is 0.348. The van der Waals surface area contributed by atoms with Crippen LogP contribution in [0, 0.1) is 11.8 Å². The summed E-state index contributed by atoms with van der Waals surface area (Å²) in [6, 6.07) is 22.3. The van der Waals surface area contributed by atoms with Gasteiger partial charge in [-0.1, -0.05) is 92.8 Å². The Morgan fingerprint density at radius 2 is 1.40 bits per heavy atom. The molecule has 1 fully saturated rings. The molecule has 3 rings (SSSR count). The van der Waals surface area contributed by atoms with Crippen LogP contribution >= 0.6 is 12.2 Å². The molecule has 0 saturated carbocycles. The van der Waals surface area contributed by atoms with E-state index in [1.807, 2.05) is 6.08 Å². The van der Waals surface area contributed by atoms with Gasteiger partial charge in [0.2, 0.25) is 0 Å². The van der Waals surface area contributed by atoms with Crippen molar-refractivity contribution in [2.24, 2.45) is 11.8 Å². The largest absolute Gasteiger partial charge is 0.352 e. The van der Waals surface area contributed by atoms with E-state index in [1.54, 1.807) is 0 Å². The zero-order chi connectivity index (χ0) is 17.8. The molecule has 0 bridgehead atoms. The van der Waals surface area contributed by atoms with Crippen LogP contribution in [0.2, 0.25) is 0 Å². The minimum absolute atomic E-state index is 0.308. The molecule has 1 saturated heterocycles. The predicted octanol–water partition coefficient (Wildman–Crippen LogP) is 6.35. The van der Waals surface area contributed by atoms with Crippen molar-refractivity contribution in [3.05, 3.63) is 84.4 Å². The Balaban J connectivity index is 1.97. The predicted molar refractivity (Wildman–Crippen MR) is 111 cm³/mol. The van der Waals surface area contributed by atoms with Crippen molar-refractivity contribution >= 4 is 17.2 Å². The van der Waals surface area contributed by atoms with Crippen molar-refractivity contribution in [3.8, 4) is 0 Å². The van der Waals surface area contributed by atoms with E-state index in [2.05, 4.69) is 86.0 Å². The summed E-state index contributed by atoms with van der Waals surface area (Å²) in [6.45, 7) is 8.40. The highest BCUT2D eigenvalue weighted by Crippen LogP contribution is 2.45. The molecule has 1 aliphatic rings. The highest BCUT2D eigenvalue weighted by atomic mass is 32.1. The van der Waals surface area contributed by atoms with Gasteiger partial charge in [0.1, 0.15) is 0 Å². The Labute approximate surface area is 157 Å². The van der Waals surface area contributed by atoms with Crippen LogP contribution in [0.3, 0.4) is 0 Å². The number of thiocarbonyl (C=S) groups is 1. The fourth-order valence-corrected chi connectivity index (χ4v) is 4.26. The van der Waals surface area contributed by atoms with E-state index in [1.165, 1.54) is 11.1 Å². The first-order chi connectivity index (χ1) is 12.1. The second kappa shape index (κ2) is 7.97. The molecule has 2 aromatic rings. The van der Waals surface area contributed by atoms with Crippen molar-refractivity contribution < 1.29 is 0 Å². The lowest BCUT2D eigenvalue weighted by Gasteiger charge is -2.37. The molecular formula is C23H27NS. The lowest BCUT2D eigenvalue weighted by Crippen LogP contribution is -2.37. The molecule has 0 aliphatic carbocycles. The van der Waals surface area contributed by atoms with Gasteiger partial charge in [0.05, 0.1) is 17.1 Å². The maximum Gasteiger partial charge on any atom is 0.0824 e. The van der Waals surface area contributed by atoms with Crippen LogP contribution < -0.4 is 0 Å². The maximum atomic E-state index is 6.01. The number of rotatable bonds is 5. The maximum absolute atomic E-state index is 6.01. The van der Waals surface area contributed by atoms with Crippen LogP contribution in [0.15, 0.2) is 73.3 Å². The van der Waals surface area contributed by atoms with Gasteiger partial charge < -0.3 is 4.90 Å². The van der Waals surface area contributed by atoms with E-state index in [-0.39, 0.29) is 0 Å². The summed E-state index contributed by atoms with van der Waals surface area (Å²) in [5.74, 6) is 0.684. The molecule has 0 aromatic heterocycles. The van der Waals surface area contributed by atoms with Gasteiger partial charge in [-0.2, -0.15) is 0 Å². The fourth-order valence-electron chi connectivity index (χ4n) is 3.79. The van der Waals surface area contributed by atoms with Crippen LogP contribution in [0.1, 0.15) is 49.9 Å². The van der Waals surface area contributed by atoms with Gasteiger partial charge in [-0.3, -0.25) is 0 Å². The molecule has 2 heteroatoms. The summed E-state index contributed by atoms with van der Waals surface area (Å²) >= 11 is 6.01. The molecule has 0 N–H and O–H groups in total. The molecule has 0 spiro atoms. The van der Waals surface area contributed by atoms with Crippen LogP contribution in [0.4, 0.5) is 0 Å². The highest BCUT2D eigenvalue weighted by molar-refractivity contribution is 7.80. The molecular weight excluding hydrogens is 322 g/mol. The van der Waals surface area contributed by atoms with Gasteiger partial charge in [-0.05, 0) is 29.9 Å². The van der Waals surface area contributed by atoms with Gasteiger partial charge in [-0.25, -0.2) is 0 Å². The molecule has 130 valence electrons. The SMILES string of the molecule is C=C[C@H](C)[C@H](C)C(=S)N1[C@@H](c2ccccc2)CC[C@@H]1c1ccccc1. The summed E-state index contributed by atoms with van der Waals surface area (Å²) in [5.41, 5.74) is 2.73. The number of allylic oxidation sites excluding steroid dienone is 1. The lowest BCUT2D eigenvalue weighted by molar-refractivity contribution is 0.307. The third-order valence-electron chi connectivity index (χ3n) is 5.56. The van der Waals surface area contributed by atoms with Gasteiger partial charge >= 0.3 is 0 Å². The summed E-state index contributed by atoms with van der Waals surface area (Å²) in [6.07, 6.45) is 4.29. The number of nitrogens with zero attached hydrogens (tertiary/aromatic N) is 1. The van der Waals surface area contributed by atoms with Crippen LogP contribution in [-0.4, -0.2) is 9.89 Å². The Morgan fingerprint density at radius 3 is 1.80 bits per heavy atom. The topological polar surface area (TPSA) is 3.24 Å². The Morgan fingerprint density at radius 1 is 0.960 bits per heavy atom. The zero-order valence-corrected chi connectivity index (χ0v) is 16.0. The second-order valence-electron chi connectivity index (χ2n) is 7.06. The lowest BCUT2D eigenvalue weighted by atomic mass is 9.93. The Hall–Kier alpha value is -1.93. The molecule has 1 nitrogen and oxygen atoms in total. The van der Waals surface area contributed by atoms with Crippen molar-refractivity contribution in [2.45, 2.75) is 38.8 Å². The molecule has 1 aliphatic heterocycles. The van der Waals surface area contributed by atoms with E-state index in [0.717, 1.165) is 17.8 Å². The smallest absolute Gasteiger partial charge is 0.0824 e. The van der Waals surface area contributed by atoms with Gasteiger partial charge in [0.25, 0.3) is 0 Å². The van der Waals surface area contributed by atoms with Crippen molar-refractivity contribution in [1.29, 1.82) is 0 Å². The molecule has 4 atom stereocenters. The minimum Gasteiger partial charge on any atom is -0.352 e. The molecule has 0 radical (unpaired) electrons. The summed E-state index contributed by atoms with van der Waals surface area (Å²) < 4.78 is 0. The van der Waals surface area contributed by atoms with Gasteiger partial charge in [0, 0.05) is 5.92 Å². The van der Waals surface area contributed by atoms with Crippen LogP contribution in [0.25, 0.3) is 0 Å².